The summed E-state index contributed by atoms with van der Waals surface area (Å²) in [7, 11) is 0. The van der Waals surface area contributed by atoms with E-state index in [1.165, 1.54) is 25.7 Å². The monoisotopic (exact) mass is 155 g/mol. The molecule has 1 rings (SSSR count). The predicted octanol–water partition coefficient (Wildman–Crippen LogP) is 2.55. The Morgan fingerprint density at radius 1 is 1.36 bits per heavy atom. The van der Waals surface area contributed by atoms with Crippen molar-refractivity contribution in [3.63, 3.8) is 0 Å². The van der Waals surface area contributed by atoms with Gasteiger partial charge < -0.3 is 5.73 Å². The summed E-state index contributed by atoms with van der Waals surface area (Å²) in [5, 5.41) is 0. The summed E-state index contributed by atoms with van der Waals surface area (Å²) in [6.45, 7) is 6.85. The summed E-state index contributed by atoms with van der Waals surface area (Å²) in [5.41, 5.74) is 6.45. The molecule has 1 fully saturated rings. The van der Waals surface area contributed by atoms with Gasteiger partial charge >= 0.3 is 0 Å². The molecule has 0 amide bonds. The van der Waals surface area contributed by atoms with E-state index in [1.54, 1.807) is 0 Å². The Morgan fingerprint density at radius 3 is 2.27 bits per heavy atom. The number of nitrogens with two attached hydrogens (primary N) is 1. The van der Waals surface area contributed by atoms with Crippen LogP contribution in [-0.4, -0.2) is 6.04 Å². The second-order valence-corrected chi connectivity index (χ2v) is 5.10. The molecular formula is C10H21N. The van der Waals surface area contributed by atoms with Gasteiger partial charge in [-0.05, 0) is 37.0 Å². The highest BCUT2D eigenvalue weighted by Gasteiger charge is 2.28. The highest BCUT2D eigenvalue weighted by atomic mass is 14.7. The van der Waals surface area contributed by atoms with Crippen LogP contribution in [0, 0.1) is 11.3 Å². The summed E-state index contributed by atoms with van der Waals surface area (Å²) < 4.78 is 0. The summed E-state index contributed by atoms with van der Waals surface area (Å²) >= 11 is 0. The Kier molecular flexibility index (Phi) is 2.58. The van der Waals surface area contributed by atoms with Gasteiger partial charge in [-0.3, -0.25) is 0 Å². The van der Waals surface area contributed by atoms with Gasteiger partial charge in [0.05, 0.1) is 0 Å². The molecule has 0 saturated heterocycles. The van der Waals surface area contributed by atoms with Gasteiger partial charge in [0.15, 0.2) is 0 Å². The highest BCUT2D eigenvalue weighted by molar-refractivity contribution is 4.84. The molecule has 0 aromatic carbocycles. The molecule has 0 radical (unpaired) electrons. The lowest BCUT2D eigenvalue weighted by Crippen LogP contribution is -2.24. The molecule has 1 atom stereocenters. The van der Waals surface area contributed by atoms with E-state index in [9.17, 15) is 0 Å². The van der Waals surface area contributed by atoms with Crippen LogP contribution in [0.4, 0.5) is 0 Å². The van der Waals surface area contributed by atoms with E-state index in [2.05, 4.69) is 20.8 Å². The van der Waals surface area contributed by atoms with E-state index in [0.717, 1.165) is 5.92 Å². The van der Waals surface area contributed by atoms with Crippen LogP contribution in [0.25, 0.3) is 0 Å². The topological polar surface area (TPSA) is 26.0 Å². The van der Waals surface area contributed by atoms with Crippen molar-refractivity contribution in [3.8, 4) is 0 Å². The van der Waals surface area contributed by atoms with Gasteiger partial charge in [-0.2, -0.15) is 0 Å². The molecule has 66 valence electrons. The average molecular weight is 155 g/mol. The molecule has 0 aliphatic heterocycles. The van der Waals surface area contributed by atoms with E-state index in [4.69, 9.17) is 5.73 Å². The van der Waals surface area contributed by atoms with Crippen molar-refractivity contribution in [1.82, 2.24) is 0 Å². The molecule has 11 heavy (non-hydrogen) atoms. The van der Waals surface area contributed by atoms with Crippen molar-refractivity contribution in [3.05, 3.63) is 0 Å². The molecule has 1 unspecified atom stereocenters. The summed E-state index contributed by atoms with van der Waals surface area (Å²) in [4.78, 5) is 0. The maximum Gasteiger partial charge on any atom is 0.00673 e. The zero-order valence-corrected chi connectivity index (χ0v) is 8.06. The maximum atomic E-state index is 5.99. The molecule has 1 saturated carbocycles. The Morgan fingerprint density at radius 2 is 1.91 bits per heavy atom. The van der Waals surface area contributed by atoms with Crippen molar-refractivity contribution >= 4 is 0 Å². The molecular weight excluding hydrogens is 134 g/mol. The third-order valence-electron chi connectivity index (χ3n) is 2.46. The van der Waals surface area contributed by atoms with E-state index < -0.39 is 0 Å². The molecule has 0 aromatic heterocycles. The van der Waals surface area contributed by atoms with Crippen LogP contribution in [0.2, 0.25) is 0 Å². The molecule has 1 heteroatoms. The van der Waals surface area contributed by atoms with Crippen molar-refractivity contribution in [2.75, 3.05) is 0 Å². The van der Waals surface area contributed by atoms with Crippen LogP contribution in [0.1, 0.15) is 46.5 Å². The summed E-state index contributed by atoms with van der Waals surface area (Å²) in [5.74, 6) is 0.873. The zero-order chi connectivity index (χ0) is 8.48. The minimum absolute atomic E-state index is 0.465. The summed E-state index contributed by atoms with van der Waals surface area (Å²) in [6.07, 6.45) is 5.25. The molecule has 0 bridgehead atoms. The second-order valence-electron chi connectivity index (χ2n) is 5.10. The fraction of sp³-hybridized carbons (Fsp3) is 1.00. The van der Waals surface area contributed by atoms with Crippen LogP contribution in [0.5, 0.6) is 0 Å². The Labute approximate surface area is 70.4 Å². The first-order valence-corrected chi connectivity index (χ1v) is 4.74. The Bertz CT molecular complexity index is 119. The quantitative estimate of drug-likeness (QED) is 0.666. The van der Waals surface area contributed by atoms with E-state index in [1.807, 2.05) is 0 Å². The van der Waals surface area contributed by atoms with E-state index in [0.29, 0.717) is 11.5 Å². The first kappa shape index (κ1) is 9.05. The number of hydrogen-bond donors (Lipinski definition) is 1. The van der Waals surface area contributed by atoms with E-state index >= 15 is 0 Å². The lowest BCUT2D eigenvalue weighted by molar-refractivity contribution is 0.339. The smallest absolute Gasteiger partial charge is 0.00673 e. The zero-order valence-electron chi connectivity index (χ0n) is 8.06. The van der Waals surface area contributed by atoms with Crippen LogP contribution < -0.4 is 5.73 Å². The second kappa shape index (κ2) is 3.14. The SMILES string of the molecule is CC(C)(C)CCC(N)C1CC1. The minimum atomic E-state index is 0.465. The van der Waals surface area contributed by atoms with Crippen LogP contribution in [0.15, 0.2) is 0 Å². The van der Waals surface area contributed by atoms with Gasteiger partial charge in [0.2, 0.25) is 0 Å². The minimum Gasteiger partial charge on any atom is -0.327 e. The predicted molar refractivity (Wildman–Crippen MR) is 49.4 cm³/mol. The van der Waals surface area contributed by atoms with Gasteiger partial charge in [-0.1, -0.05) is 20.8 Å². The van der Waals surface area contributed by atoms with Crippen LogP contribution >= 0.6 is 0 Å². The van der Waals surface area contributed by atoms with Crippen molar-refractivity contribution in [2.45, 2.75) is 52.5 Å². The van der Waals surface area contributed by atoms with Gasteiger partial charge in [0, 0.05) is 6.04 Å². The molecule has 0 heterocycles. The van der Waals surface area contributed by atoms with Crippen molar-refractivity contribution < 1.29 is 0 Å². The molecule has 1 nitrogen and oxygen atoms in total. The third-order valence-corrected chi connectivity index (χ3v) is 2.46. The van der Waals surface area contributed by atoms with Gasteiger partial charge in [0.1, 0.15) is 0 Å². The summed E-state index contributed by atoms with van der Waals surface area (Å²) in [6, 6.07) is 0.495. The molecule has 2 N–H and O–H groups in total. The maximum absolute atomic E-state index is 5.99. The van der Waals surface area contributed by atoms with Gasteiger partial charge in [0.25, 0.3) is 0 Å². The highest BCUT2D eigenvalue weighted by Crippen LogP contribution is 2.34. The molecule has 1 aliphatic carbocycles. The van der Waals surface area contributed by atoms with E-state index in [-0.39, 0.29) is 0 Å². The lowest BCUT2D eigenvalue weighted by Gasteiger charge is -2.20. The fourth-order valence-electron chi connectivity index (χ4n) is 1.36. The van der Waals surface area contributed by atoms with Gasteiger partial charge in [-0.25, -0.2) is 0 Å². The fourth-order valence-corrected chi connectivity index (χ4v) is 1.36. The first-order chi connectivity index (χ1) is 4.99. The van der Waals surface area contributed by atoms with Crippen LogP contribution in [0.3, 0.4) is 0 Å². The normalized spacial score (nSPS) is 21.8. The first-order valence-electron chi connectivity index (χ1n) is 4.74. The largest absolute Gasteiger partial charge is 0.327 e. The van der Waals surface area contributed by atoms with Gasteiger partial charge in [-0.15, -0.1) is 0 Å². The average Bonchev–Trinajstić information content (AvgIpc) is 2.61. The third kappa shape index (κ3) is 3.76. The van der Waals surface area contributed by atoms with Crippen molar-refractivity contribution in [1.29, 1.82) is 0 Å². The number of rotatable bonds is 3. The molecule has 0 spiro atoms. The molecule has 0 aromatic rings. The standard InChI is InChI=1S/C10H21N/c1-10(2,3)7-6-9(11)8-4-5-8/h8-9H,4-7,11H2,1-3H3. The Hall–Kier alpha value is -0.0400. The lowest BCUT2D eigenvalue weighted by atomic mass is 9.88. The number of hydrogen-bond acceptors (Lipinski definition) is 1. The molecule has 1 aliphatic rings. The van der Waals surface area contributed by atoms with Crippen LogP contribution in [-0.2, 0) is 0 Å². The Balaban J connectivity index is 2.10. The van der Waals surface area contributed by atoms with Crippen molar-refractivity contribution in [2.24, 2.45) is 17.1 Å².